The first kappa shape index (κ1) is 19.5. The van der Waals surface area contributed by atoms with Crippen LogP contribution in [0.3, 0.4) is 0 Å². The summed E-state index contributed by atoms with van der Waals surface area (Å²) in [5.41, 5.74) is 0.724. The van der Waals surface area contributed by atoms with Gasteiger partial charge in [-0.3, -0.25) is 4.79 Å². The van der Waals surface area contributed by atoms with Crippen molar-refractivity contribution in [2.24, 2.45) is 0 Å². The minimum Gasteiger partial charge on any atom is -0.504 e. The predicted octanol–water partition coefficient (Wildman–Crippen LogP) is 2.90. The molecule has 3 aromatic rings. The van der Waals surface area contributed by atoms with Gasteiger partial charge >= 0.3 is 0 Å². The Morgan fingerprint density at radius 2 is 1.86 bits per heavy atom. The molecule has 1 heterocycles. The summed E-state index contributed by atoms with van der Waals surface area (Å²) >= 11 is 0. The molecule has 0 spiro atoms. The van der Waals surface area contributed by atoms with Crippen molar-refractivity contribution in [1.82, 2.24) is 5.32 Å². The fraction of sp³-hybridized carbons (Fsp3) is 0.150. The maximum atomic E-state index is 12.4. The van der Waals surface area contributed by atoms with E-state index in [0.29, 0.717) is 5.75 Å². The topological polar surface area (TPSA) is 106 Å². The van der Waals surface area contributed by atoms with Gasteiger partial charge in [0, 0.05) is 6.54 Å². The minimum atomic E-state index is -3.56. The van der Waals surface area contributed by atoms with E-state index in [4.69, 9.17) is 9.15 Å². The van der Waals surface area contributed by atoms with Crippen LogP contribution in [-0.2, 0) is 22.1 Å². The number of carbonyl (C=O) groups excluding carboxylic acids is 1. The SMILES string of the molecule is COc1cc(CNC(=O)c2ccc(CS(=O)(=O)c3ccccc3)o2)ccc1O. The number of sulfone groups is 1. The first-order valence-electron chi connectivity index (χ1n) is 8.39. The Labute approximate surface area is 162 Å². The third-order valence-electron chi connectivity index (χ3n) is 4.02. The maximum absolute atomic E-state index is 12.4. The van der Waals surface area contributed by atoms with Crippen molar-refractivity contribution in [3.8, 4) is 11.5 Å². The van der Waals surface area contributed by atoms with E-state index in [2.05, 4.69) is 5.32 Å². The molecule has 2 N–H and O–H groups in total. The van der Waals surface area contributed by atoms with Crippen LogP contribution in [0.4, 0.5) is 0 Å². The summed E-state index contributed by atoms with van der Waals surface area (Å²) in [5.74, 6) is -0.301. The normalized spacial score (nSPS) is 11.2. The second-order valence-corrected chi connectivity index (χ2v) is 8.02. The Hall–Kier alpha value is -3.26. The van der Waals surface area contributed by atoms with Crippen LogP contribution in [0.5, 0.6) is 11.5 Å². The van der Waals surface area contributed by atoms with Crippen molar-refractivity contribution in [3.05, 3.63) is 77.7 Å². The molecule has 1 aromatic heterocycles. The largest absolute Gasteiger partial charge is 0.504 e. The number of hydrogen-bond donors (Lipinski definition) is 2. The zero-order valence-electron chi connectivity index (χ0n) is 15.1. The molecule has 0 aliphatic rings. The van der Waals surface area contributed by atoms with Gasteiger partial charge < -0.3 is 19.6 Å². The molecule has 0 radical (unpaired) electrons. The fourth-order valence-corrected chi connectivity index (χ4v) is 3.85. The lowest BCUT2D eigenvalue weighted by molar-refractivity contribution is 0.0921. The first-order valence-corrected chi connectivity index (χ1v) is 10.0. The Kier molecular flexibility index (Phi) is 5.70. The zero-order chi connectivity index (χ0) is 20.1. The fourth-order valence-electron chi connectivity index (χ4n) is 2.58. The monoisotopic (exact) mass is 401 g/mol. The van der Waals surface area contributed by atoms with Gasteiger partial charge in [-0.1, -0.05) is 24.3 Å². The quantitative estimate of drug-likeness (QED) is 0.631. The summed E-state index contributed by atoms with van der Waals surface area (Å²) in [6.07, 6.45) is 0. The first-order chi connectivity index (χ1) is 13.4. The van der Waals surface area contributed by atoms with E-state index in [9.17, 15) is 18.3 Å². The van der Waals surface area contributed by atoms with Gasteiger partial charge in [-0.15, -0.1) is 0 Å². The van der Waals surface area contributed by atoms with Gasteiger partial charge in [-0.05, 0) is 42.0 Å². The van der Waals surface area contributed by atoms with Crippen LogP contribution in [0.25, 0.3) is 0 Å². The number of rotatable bonds is 7. The molecule has 7 nitrogen and oxygen atoms in total. The third kappa shape index (κ3) is 4.52. The smallest absolute Gasteiger partial charge is 0.287 e. The summed E-state index contributed by atoms with van der Waals surface area (Å²) < 4.78 is 35.2. The minimum absolute atomic E-state index is 0.00729. The zero-order valence-corrected chi connectivity index (χ0v) is 15.9. The number of phenols is 1. The molecule has 8 heteroatoms. The molecule has 28 heavy (non-hydrogen) atoms. The van der Waals surface area contributed by atoms with Crippen molar-refractivity contribution in [2.45, 2.75) is 17.2 Å². The van der Waals surface area contributed by atoms with Crippen LogP contribution in [0.15, 0.2) is 70.0 Å². The Morgan fingerprint density at radius 3 is 2.57 bits per heavy atom. The van der Waals surface area contributed by atoms with Crippen molar-refractivity contribution in [2.75, 3.05) is 7.11 Å². The molecule has 2 aromatic carbocycles. The third-order valence-corrected chi connectivity index (χ3v) is 5.67. The van der Waals surface area contributed by atoms with E-state index >= 15 is 0 Å². The van der Waals surface area contributed by atoms with E-state index in [-0.39, 0.29) is 34.5 Å². The summed E-state index contributed by atoms with van der Waals surface area (Å²) in [6, 6.07) is 15.7. The average molecular weight is 401 g/mol. The number of phenolic OH excluding ortho intramolecular Hbond substituents is 1. The van der Waals surface area contributed by atoms with Crippen molar-refractivity contribution >= 4 is 15.7 Å². The highest BCUT2D eigenvalue weighted by molar-refractivity contribution is 7.90. The number of nitrogens with one attached hydrogen (secondary N) is 1. The lowest BCUT2D eigenvalue weighted by Gasteiger charge is -2.07. The van der Waals surface area contributed by atoms with E-state index in [1.165, 1.54) is 37.4 Å². The van der Waals surface area contributed by atoms with E-state index < -0.39 is 15.7 Å². The van der Waals surface area contributed by atoms with Gasteiger partial charge in [0.15, 0.2) is 27.1 Å². The van der Waals surface area contributed by atoms with E-state index in [0.717, 1.165) is 5.56 Å². The highest BCUT2D eigenvalue weighted by Gasteiger charge is 2.19. The van der Waals surface area contributed by atoms with Crippen LogP contribution >= 0.6 is 0 Å². The van der Waals surface area contributed by atoms with Crippen LogP contribution in [-0.4, -0.2) is 26.5 Å². The second-order valence-electron chi connectivity index (χ2n) is 6.03. The summed E-state index contributed by atoms with van der Waals surface area (Å²) in [6.45, 7) is 0.188. The number of methoxy groups -OCH3 is 1. The second kappa shape index (κ2) is 8.18. The Bertz CT molecular complexity index is 1070. The lowest BCUT2D eigenvalue weighted by Crippen LogP contribution is -2.22. The molecule has 1 amide bonds. The number of amides is 1. The molecule has 0 aliphatic carbocycles. The molecule has 0 bridgehead atoms. The molecule has 0 unspecified atom stereocenters. The standard InChI is InChI=1S/C20H19NO6S/c1-26-19-11-14(7-9-17(19)22)12-21-20(23)18-10-8-15(27-18)13-28(24,25)16-5-3-2-4-6-16/h2-11,22H,12-13H2,1H3,(H,21,23). The van der Waals surface area contributed by atoms with Gasteiger partial charge in [0.2, 0.25) is 0 Å². The maximum Gasteiger partial charge on any atom is 0.287 e. The number of ether oxygens (including phenoxy) is 1. The lowest BCUT2D eigenvalue weighted by atomic mass is 10.2. The molecule has 0 fully saturated rings. The van der Waals surface area contributed by atoms with Crippen LogP contribution in [0.1, 0.15) is 21.9 Å². The van der Waals surface area contributed by atoms with Crippen LogP contribution in [0.2, 0.25) is 0 Å². The number of aromatic hydroxyl groups is 1. The molecule has 0 saturated heterocycles. The summed E-state index contributed by atoms with van der Waals surface area (Å²) in [4.78, 5) is 12.4. The molecule has 146 valence electrons. The number of carbonyl (C=O) groups is 1. The highest BCUT2D eigenvalue weighted by atomic mass is 32.2. The van der Waals surface area contributed by atoms with Gasteiger partial charge in [0.05, 0.1) is 12.0 Å². The van der Waals surface area contributed by atoms with E-state index in [1.807, 2.05) is 0 Å². The average Bonchev–Trinajstić information content (AvgIpc) is 3.15. The summed E-state index contributed by atoms with van der Waals surface area (Å²) in [7, 11) is -2.12. The van der Waals surface area contributed by atoms with Crippen molar-refractivity contribution in [1.29, 1.82) is 0 Å². The highest BCUT2D eigenvalue weighted by Crippen LogP contribution is 2.26. The van der Waals surface area contributed by atoms with Gasteiger partial charge in [-0.2, -0.15) is 0 Å². The van der Waals surface area contributed by atoms with Gasteiger partial charge in [0.1, 0.15) is 11.5 Å². The van der Waals surface area contributed by atoms with Crippen molar-refractivity contribution in [3.63, 3.8) is 0 Å². The summed E-state index contributed by atoms with van der Waals surface area (Å²) in [5, 5.41) is 12.3. The van der Waals surface area contributed by atoms with Crippen LogP contribution in [0, 0.1) is 0 Å². The molecular weight excluding hydrogens is 382 g/mol. The van der Waals surface area contributed by atoms with Gasteiger partial charge in [-0.25, -0.2) is 8.42 Å². The molecule has 3 rings (SSSR count). The Balaban J connectivity index is 1.64. The molecular formula is C20H19NO6S. The van der Waals surface area contributed by atoms with Crippen molar-refractivity contribution < 1.29 is 27.5 Å². The predicted molar refractivity (Wildman–Crippen MR) is 102 cm³/mol. The number of hydrogen-bond acceptors (Lipinski definition) is 6. The molecule has 0 saturated carbocycles. The number of benzene rings is 2. The Morgan fingerprint density at radius 1 is 1.11 bits per heavy atom. The van der Waals surface area contributed by atoms with Crippen LogP contribution < -0.4 is 10.1 Å². The number of furan rings is 1. The van der Waals surface area contributed by atoms with E-state index in [1.54, 1.807) is 30.3 Å². The van der Waals surface area contributed by atoms with Gasteiger partial charge in [0.25, 0.3) is 5.91 Å². The molecule has 0 aliphatic heterocycles. The molecule has 0 atom stereocenters.